The maximum Gasteiger partial charge on any atom is 0.317 e. The minimum Gasteiger partial charge on any atom is -0.497 e. The molecule has 1 heterocycles. The summed E-state index contributed by atoms with van der Waals surface area (Å²) < 4.78 is 10.6. The number of carbonyl (C=O) groups is 2. The lowest BCUT2D eigenvalue weighted by molar-refractivity contribution is -0.121. The molecule has 0 bridgehead atoms. The smallest absolute Gasteiger partial charge is 0.317 e. The monoisotopic (exact) mass is 425 g/mol. The highest BCUT2D eigenvalue weighted by molar-refractivity contribution is 5.94. The van der Waals surface area contributed by atoms with Crippen molar-refractivity contribution in [3.63, 3.8) is 0 Å². The van der Waals surface area contributed by atoms with Crippen molar-refractivity contribution in [2.45, 2.75) is 26.2 Å². The van der Waals surface area contributed by atoms with Crippen LogP contribution in [0, 0.1) is 12.8 Å². The average Bonchev–Trinajstić information content (AvgIpc) is 2.79. The molecule has 166 valence electrons. The van der Waals surface area contributed by atoms with Gasteiger partial charge in [0.05, 0.1) is 25.8 Å². The van der Waals surface area contributed by atoms with Crippen molar-refractivity contribution in [3.8, 4) is 11.5 Å². The number of ether oxygens (including phenoxy) is 2. The molecule has 1 aliphatic rings. The van der Waals surface area contributed by atoms with E-state index in [-0.39, 0.29) is 23.8 Å². The Labute approximate surface area is 183 Å². The number of urea groups is 1. The number of benzene rings is 2. The molecular weight excluding hydrogens is 394 g/mol. The van der Waals surface area contributed by atoms with Crippen molar-refractivity contribution < 1.29 is 19.1 Å². The van der Waals surface area contributed by atoms with E-state index in [0.717, 1.165) is 11.1 Å². The van der Waals surface area contributed by atoms with Crippen molar-refractivity contribution in [2.24, 2.45) is 5.92 Å². The number of nitrogens with zero attached hydrogens (tertiary/aromatic N) is 1. The van der Waals surface area contributed by atoms with Crippen molar-refractivity contribution in [2.75, 3.05) is 39.2 Å². The number of methoxy groups -OCH3 is 2. The number of aryl methyl sites for hydroxylation is 1. The van der Waals surface area contributed by atoms with Crippen LogP contribution in [0.1, 0.15) is 30.4 Å². The number of nitrogens with one attached hydrogen (secondary N) is 2. The van der Waals surface area contributed by atoms with Crippen LogP contribution in [-0.2, 0) is 4.79 Å². The van der Waals surface area contributed by atoms with Gasteiger partial charge in [0.1, 0.15) is 11.5 Å². The summed E-state index contributed by atoms with van der Waals surface area (Å²) in [6.07, 6.45) is 0.670. The first-order valence-electron chi connectivity index (χ1n) is 10.6. The Morgan fingerprint density at radius 3 is 2.58 bits per heavy atom. The topological polar surface area (TPSA) is 79.9 Å². The molecule has 0 aromatic heterocycles. The fraction of sp³-hybridized carbons (Fsp3) is 0.417. The quantitative estimate of drug-likeness (QED) is 0.738. The third-order valence-corrected chi connectivity index (χ3v) is 5.62. The summed E-state index contributed by atoms with van der Waals surface area (Å²) in [5.41, 5.74) is 2.89. The summed E-state index contributed by atoms with van der Waals surface area (Å²) in [5, 5.41) is 5.84. The maximum atomic E-state index is 13.2. The van der Waals surface area contributed by atoms with Crippen LogP contribution in [0.15, 0.2) is 42.5 Å². The van der Waals surface area contributed by atoms with Crippen molar-refractivity contribution >= 4 is 17.6 Å². The van der Waals surface area contributed by atoms with E-state index in [4.69, 9.17) is 9.47 Å². The molecule has 0 radical (unpaired) electrons. The summed E-state index contributed by atoms with van der Waals surface area (Å²) >= 11 is 0. The highest BCUT2D eigenvalue weighted by Crippen LogP contribution is 2.33. The van der Waals surface area contributed by atoms with E-state index in [1.54, 1.807) is 37.3 Å². The van der Waals surface area contributed by atoms with Gasteiger partial charge in [-0.2, -0.15) is 0 Å². The molecule has 31 heavy (non-hydrogen) atoms. The van der Waals surface area contributed by atoms with Gasteiger partial charge in [-0.15, -0.1) is 0 Å². The van der Waals surface area contributed by atoms with Crippen LogP contribution in [0.2, 0.25) is 0 Å². The van der Waals surface area contributed by atoms with Crippen molar-refractivity contribution in [3.05, 3.63) is 53.6 Å². The third-order valence-electron chi connectivity index (χ3n) is 5.62. The van der Waals surface area contributed by atoms with Gasteiger partial charge in [-0.25, -0.2) is 4.79 Å². The number of piperidine rings is 1. The summed E-state index contributed by atoms with van der Waals surface area (Å²) in [6, 6.07) is 13.4. The highest BCUT2D eigenvalue weighted by atomic mass is 16.5. The Morgan fingerprint density at radius 1 is 1.10 bits per heavy atom. The van der Waals surface area contributed by atoms with Crippen LogP contribution in [0.4, 0.5) is 10.5 Å². The first-order chi connectivity index (χ1) is 14.9. The largest absolute Gasteiger partial charge is 0.497 e. The van der Waals surface area contributed by atoms with E-state index in [2.05, 4.69) is 22.8 Å². The maximum absolute atomic E-state index is 13.2. The molecular formula is C24H31N3O4. The van der Waals surface area contributed by atoms with Gasteiger partial charge in [0.25, 0.3) is 0 Å². The zero-order chi connectivity index (χ0) is 22.4. The van der Waals surface area contributed by atoms with Crippen molar-refractivity contribution in [1.82, 2.24) is 10.2 Å². The molecule has 2 aromatic rings. The lowest BCUT2D eigenvalue weighted by Crippen LogP contribution is -2.50. The molecule has 2 unspecified atom stereocenters. The van der Waals surface area contributed by atoms with E-state index >= 15 is 0 Å². The molecule has 3 amide bonds. The zero-order valence-corrected chi connectivity index (χ0v) is 18.6. The molecule has 0 saturated carbocycles. The number of hydrogen-bond donors (Lipinski definition) is 2. The van der Waals surface area contributed by atoms with Gasteiger partial charge in [0, 0.05) is 31.6 Å². The molecule has 2 atom stereocenters. The standard InChI is InChI=1S/C24H31N3O4/c1-5-25-24(29)27-14-18(17-8-6-7-16(2)11-17)12-19(15-27)23(28)26-21-10-9-20(30-3)13-22(21)31-4/h6-11,13,18-19H,5,12,14-15H2,1-4H3,(H,25,29)(H,26,28). The van der Waals surface area contributed by atoms with E-state index in [1.165, 1.54) is 0 Å². The van der Waals surface area contributed by atoms with Crippen molar-refractivity contribution in [1.29, 1.82) is 0 Å². The average molecular weight is 426 g/mol. The number of rotatable bonds is 6. The Hall–Kier alpha value is -3.22. The molecule has 3 rings (SSSR count). The van der Waals surface area contributed by atoms with Gasteiger partial charge in [0.2, 0.25) is 5.91 Å². The second-order valence-electron chi connectivity index (χ2n) is 7.84. The summed E-state index contributed by atoms with van der Waals surface area (Å²) in [5.74, 6) is 0.794. The number of likely N-dealkylation sites (tertiary alicyclic amines) is 1. The number of amides is 3. The second kappa shape index (κ2) is 10.2. The fourth-order valence-electron chi connectivity index (χ4n) is 4.02. The van der Waals surface area contributed by atoms with E-state index in [9.17, 15) is 9.59 Å². The molecule has 1 fully saturated rings. The van der Waals surface area contributed by atoms with E-state index < -0.39 is 0 Å². The predicted octanol–water partition coefficient (Wildman–Crippen LogP) is 3.79. The second-order valence-corrected chi connectivity index (χ2v) is 7.84. The van der Waals surface area contributed by atoms with Crippen LogP contribution in [0.25, 0.3) is 0 Å². The van der Waals surface area contributed by atoms with Gasteiger partial charge >= 0.3 is 6.03 Å². The third kappa shape index (κ3) is 5.48. The van der Waals surface area contributed by atoms with Gasteiger partial charge in [-0.05, 0) is 38.0 Å². The summed E-state index contributed by atoms with van der Waals surface area (Å²) in [6.45, 7) is 5.45. The van der Waals surface area contributed by atoms with Crippen LogP contribution >= 0.6 is 0 Å². The molecule has 1 aliphatic heterocycles. The Bertz CT molecular complexity index is 931. The van der Waals surface area contributed by atoms with Crippen LogP contribution in [0.5, 0.6) is 11.5 Å². The molecule has 0 aliphatic carbocycles. The van der Waals surface area contributed by atoms with E-state index in [1.807, 2.05) is 26.0 Å². The number of hydrogen-bond acceptors (Lipinski definition) is 4. The molecule has 7 heteroatoms. The highest BCUT2D eigenvalue weighted by Gasteiger charge is 2.34. The molecule has 0 spiro atoms. The first kappa shape index (κ1) is 22.5. The Morgan fingerprint density at radius 2 is 1.90 bits per heavy atom. The van der Waals surface area contributed by atoms with Crippen LogP contribution in [-0.4, -0.2) is 50.7 Å². The SMILES string of the molecule is CCNC(=O)N1CC(C(=O)Nc2ccc(OC)cc2OC)CC(c2cccc(C)c2)C1. The summed E-state index contributed by atoms with van der Waals surface area (Å²) in [7, 11) is 3.13. The zero-order valence-electron chi connectivity index (χ0n) is 18.6. The van der Waals surface area contributed by atoms with Crippen LogP contribution < -0.4 is 20.1 Å². The lowest BCUT2D eigenvalue weighted by atomic mass is 9.83. The normalized spacial score (nSPS) is 18.3. The Balaban J connectivity index is 1.82. The van der Waals surface area contributed by atoms with Gasteiger partial charge < -0.3 is 25.0 Å². The van der Waals surface area contributed by atoms with Crippen LogP contribution in [0.3, 0.4) is 0 Å². The van der Waals surface area contributed by atoms with Gasteiger partial charge in [0.15, 0.2) is 0 Å². The fourth-order valence-corrected chi connectivity index (χ4v) is 4.02. The number of anilines is 1. The Kier molecular flexibility index (Phi) is 7.39. The van der Waals surface area contributed by atoms with Gasteiger partial charge in [-0.1, -0.05) is 29.8 Å². The minimum atomic E-state index is -0.339. The molecule has 2 N–H and O–H groups in total. The minimum absolute atomic E-state index is 0.0877. The van der Waals surface area contributed by atoms with E-state index in [0.29, 0.717) is 43.2 Å². The predicted molar refractivity (Wildman–Crippen MR) is 121 cm³/mol. The molecule has 1 saturated heterocycles. The lowest BCUT2D eigenvalue weighted by Gasteiger charge is -2.37. The van der Waals surface area contributed by atoms with Gasteiger partial charge in [-0.3, -0.25) is 4.79 Å². The first-order valence-corrected chi connectivity index (χ1v) is 10.6. The number of carbonyl (C=O) groups excluding carboxylic acids is 2. The summed E-state index contributed by atoms with van der Waals surface area (Å²) in [4.78, 5) is 27.5. The molecule has 2 aromatic carbocycles. The molecule has 7 nitrogen and oxygen atoms in total.